The summed E-state index contributed by atoms with van der Waals surface area (Å²) in [6.07, 6.45) is 0. The molecule has 5 heteroatoms. The van der Waals surface area contributed by atoms with E-state index in [9.17, 15) is 0 Å². The maximum absolute atomic E-state index is 5.97. The van der Waals surface area contributed by atoms with Crippen molar-refractivity contribution >= 4 is 39.0 Å². The summed E-state index contributed by atoms with van der Waals surface area (Å²) in [4.78, 5) is 9.50. The summed E-state index contributed by atoms with van der Waals surface area (Å²) in [7, 11) is 0. The third-order valence-electron chi connectivity index (χ3n) is 4.60. The summed E-state index contributed by atoms with van der Waals surface area (Å²) in [5.74, 6) is 0.856. The Hall–Kier alpha value is -0.870. The highest BCUT2D eigenvalue weighted by Crippen LogP contribution is 2.63. The first-order chi connectivity index (χ1) is 8.34. The van der Waals surface area contributed by atoms with Crippen LogP contribution in [0, 0.1) is 10.8 Å². The van der Waals surface area contributed by atoms with E-state index in [2.05, 4.69) is 43.0 Å². The van der Waals surface area contributed by atoms with E-state index in [1.165, 1.54) is 0 Å². The third-order valence-corrected chi connectivity index (χ3v) is 5.58. The lowest BCUT2D eigenvalue weighted by Crippen LogP contribution is -2.11. The lowest BCUT2D eigenvalue weighted by atomic mass is 10.0. The van der Waals surface area contributed by atoms with Crippen LogP contribution in [0.4, 0.5) is 5.82 Å². The number of nitrogens with zero attached hydrogens (tertiary/aromatic N) is 2. The topological polar surface area (TPSA) is 37.8 Å². The average molecular weight is 282 g/mol. The molecule has 18 heavy (non-hydrogen) atoms. The Bertz CT molecular complexity index is 604. The van der Waals surface area contributed by atoms with Crippen LogP contribution in [0.25, 0.3) is 10.2 Å². The van der Waals surface area contributed by atoms with Gasteiger partial charge in [-0.15, -0.1) is 11.3 Å². The summed E-state index contributed by atoms with van der Waals surface area (Å²) in [6, 6.07) is 2.46. The minimum Gasteiger partial charge on any atom is -0.366 e. The van der Waals surface area contributed by atoms with E-state index < -0.39 is 0 Å². The monoisotopic (exact) mass is 281 g/mol. The second kappa shape index (κ2) is 3.58. The first kappa shape index (κ1) is 12.2. The Kier molecular flexibility index (Phi) is 2.42. The molecule has 2 aromatic heterocycles. The molecule has 1 aliphatic rings. The van der Waals surface area contributed by atoms with Gasteiger partial charge in [-0.25, -0.2) is 9.97 Å². The number of rotatable bonds is 2. The van der Waals surface area contributed by atoms with Crippen molar-refractivity contribution in [1.29, 1.82) is 0 Å². The highest BCUT2D eigenvalue weighted by molar-refractivity contribution is 7.16. The maximum Gasteiger partial charge on any atom is 0.225 e. The van der Waals surface area contributed by atoms with Crippen molar-refractivity contribution in [1.82, 2.24) is 9.97 Å². The van der Waals surface area contributed by atoms with Gasteiger partial charge in [0.1, 0.15) is 10.6 Å². The second-order valence-corrected chi connectivity index (χ2v) is 7.23. The second-order valence-electron chi connectivity index (χ2n) is 6.00. The lowest BCUT2D eigenvalue weighted by Gasteiger charge is -2.08. The van der Waals surface area contributed by atoms with Crippen LogP contribution in [0.3, 0.4) is 0 Å². The van der Waals surface area contributed by atoms with Crippen LogP contribution in [-0.2, 0) is 0 Å². The van der Waals surface area contributed by atoms with Gasteiger partial charge in [-0.2, -0.15) is 0 Å². The molecule has 0 unspecified atom stereocenters. The van der Waals surface area contributed by atoms with Gasteiger partial charge in [-0.1, -0.05) is 27.7 Å². The summed E-state index contributed by atoms with van der Waals surface area (Å²) >= 11 is 7.56. The highest BCUT2D eigenvalue weighted by atomic mass is 35.5. The fraction of sp³-hybridized carbons (Fsp3) is 0.538. The van der Waals surface area contributed by atoms with Crippen molar-refractivity contribution in [3.8, 4) is 0 Å². The Morgan fingerprint density at radius 3 is 2.50 bits per heavy atom. The molecule has 0 atom stereocenters. The fourth-order valence-corrected chi connectivity index (χ4v) is 3.62. The van der Waals surface area contributed by atoms with Crippen molar-refractivity contribution in [2.45, 2.75) is 33.7 Å². The number of hydrogen-bond donors (Lipinski definition) is 1. The lowest BCUT2D eigenvalue weighted by molar-refractivity contribution is 0.457. The molecular weight excluding hydrogens is 266 g/mol. The molecule has 2 aromatic rings. The number of fused-ring (bicyclic) bond motifs is 1. The van der Waals surface area contributed by atoms with Gasteiger partial charge in [-0.3, -0.25) is 0 Å². The van der Waals surface area contributed by atoms with E-state index >= 15 is 0 Å². The van der Waals surface area contributed by atoms with E-state index in [0.29, 0.717) is 11.3 Å². The molecule has 96 valence electrons. The van der Waals surface area contributed by atoms with Gasteiger partial charge in [0.2, 0.25) is 5.28 Å². The Morgan fingerprint density at radius 2 is 1.89 bits per heavy atom. The molecule has 2 heterocycles. The number of nitrogens with one attached hydrogen (secondary N) is 1. The number of aromatic nitrogens is 2. The normalized spacial score (nSPS) is 21.2. The average Bonchev–Trinajstić information content (AvgIpc) is 2.68. The number of hydrogen-bond acceptors (Lipinski definition) is 4. The Morgan fingerprint density at radius 1 is 1.22 bits per heavy atom. The first-order valence-corrected chi connectivity index (χ1v) is 7.27. The minimum absolute atomic E-state index is 0.271. The SMILES string of the molecule is CC1(C)C(Nc2nc(Cl)nc3sccc23)C1(C)C. The number of halogens is 1. The van der Waals surface area contributed by atoms with Crippen LogP contribution in [0.5, 0.6) is 0 Å². The predicted molar refractivity (Wildman–Crippen MR) is 77.4 cm³/mol. The van der Waals surface area contributed by atoms with Crippen LogP contribution < -0.4 is 5.32 Å². The highest BCUT2D eigenvalue weighted by Gasteiger charge is 2.65. The summed E-state index contributed by atoms with van der Waals surface area (Å²) in [5.41, 5.74) is 0.541. The summed E-state index contributed by atoms with van der Waals surface area (Å²) < 4.78 is 0. The van der Waals surface area contributed by atoms with Crippen LogP contribution in [-0.4, -0.2) is 16.0 Å². The molecular formula is C13H16ClN3S. The molecule has 0 radical (unpaired) electrons. The first-order valence-electron chi connectivity index (χ1n) is 6.01. The van der Waals surface area contributed by atoms with Crippen LogP contribution >= 0.6 is 22.9 Å². The van der Waals surface area contributed by atoms with Gasteiger partial charge in [0.05, 0.1) is 5.39 Å². The van der Waals surface area contributed by atoms with E-state index in [1.807, 2.05) is 11.4 Å². The Balaban J connectivity index is 1.99. The molecule has 1 fully saturated rings. The number of anilines is 1. The molecule has 0 spiro atoms. The van der Waals surface area contributed by atoms with Gasteiger partial charge in [-0.05, 0) is 33.9 Å². The van der Waals surface area contributed by atoms with E-state index in [0.717, 1.165) is 16.0 Å². The zero-order chi connectivity index (χ0) is 13.1. The van der Waals surface area contributed by atoms with Crippen LogP contribution in [0.2, 0.25) is 5.28 Å². The van der Waals surface area contributed by atoms with Crippen molar-refractivity contribution in [3.63, 3.8) is 0 Å². The zero-order valence-electron chi connectivity index (χ0n) is 10.9. The summed E-state index contributed by atoms with van der Waals surface area (Å²) in [6.45, 7) is 9.10. The Labute approximate surface area is 116 Å². The van der Waals surface area contributed by atoms with Gasteiger partial charge >= 0.3 is 0 Å². The third kappa shape index (κ3) is 1.55. The molecule has 1 saturated carbocycles. The fourth-order valence-electron chi connectivity index (χ4n) is 2.63. The van der Waals surface area contributed by atoms with Gasteiger partial charge in [0.25, 0.3) is 0 Å². The number of thiophene rings is 1. The minimum atomic E-state index is 0.271. The van der Waals surface area contributed by atoms with E-state index in [-0.39, 0.29) is 10.8 Å². The van der Waals surface area contributed by atoms with Crippen molar-refractivity contribution in [2.75, 3.05) is 5.32 Å². The molecule has 0 bridgehead atoms. The smallest absolute Gasteiger partial charge is 0.225 e. The molecule has 0 aliphatic heterocycles. The molecule has 1 N–H and O–H groups in total. The van der Waals surface area contributed by atoms with Gasteiger partial charge < -0.3 is 5.32 Å². The van der Waals surface area contributed by atoms with Crippen LogP contribution in [0.15, 0.2) is 11.4 Å². The van der Waals surface area contributed by atoms with Crippen molar-refractivity contribution in [2.24, 2.45) is 10.8 Å². The predicted octanol–water partition coefficient (Wildman–Crippen LogP) is 4.19. The molecule has 3 rings (SSSR count). The molecule has 1 aliphatic carbocycles. The van der Waals surface area contributed by atoms with Crippen molar-refractivity contribution in [3.05, 3.63) is 16.7 Å². The summed E-state index contributed by atoms with van der Waals surface area (Å²) in [5, 5.41) is 6.92. The van der Waals surface area contributed by atoms with Crippen molar-refractivity contribution < 1.29 is 0 Å². The molecule has 0 amide bonds. The molecule has 0 saturated heterocycles. The van der Waals surface area contributed by atoms with E-state index in [4.69, 9.17) is 11.6 Å². The molecule has 3 nitrogen and oxygen atoms in total. The quantitative estimate of drug-likeness (QED) is 0.839. The zero-order valence-corrected chi connectivity index (χ0v) is 12.5. The van der Waals surface area contributed by atoms with E-state index in [1.54, 1.807) is 11.3 Å². The molecule has 0 aromatic carbocycles. The largest absolute Gasteiger partial charge is 0.366 e. The van der Waals surface area contributed by atoms with Gasteiger partial charge in [0.15, 0.2) is 0 Å². The van der Waals surface area contributed by atoms with Gasteiger partial charge in [0, 0.05) is 6.04 Å². The maximum atomic E-state index is 5.97. The standard InChI is InChI=1S/C13H16ClN3S/c1-12(2)10(13(12,3)4)15-8-7-5-6-18-9(7)17-11(14)16-8/h5-6,10H,1-4H3,(H,15,16,17). The van der Waals surface area contributed by atoms with Crippen LogP contribution in [0.1, 0.15) is 27.7 Å².